The number of nitrogens with zero attached hydrogens (tertiary/aromatic N) is 2. The van der Waals surface area contributed by atoms with Gasteiger partial charge in [0, 0.05) is 22.9 Å². The van der Waals surface area contributed by atoms with Crippen LogP contribution in [0.4, 0.5) is 15.9 Å². The highest BCUT2D eigenvalue weighted by molar-refractivity contribution is 9.11. The molecular formula is C14H14Br2FN3. The molecule has 0 unspecified atom stereocenters. The lowest BCUT2D eigenvalue weighted by atomic mass is 10.2. The van der Waals surface area contributed by atoms with Crippen molar-refractivity contribution < 1.29 is 4.39 Å². The van der Waals surface area contributed by atoms with Crippen LogP contribution < -0.4 is 10.6 Å². The number of anilines is 2. The van der Waals surface area contributed by atoms with Crippen LogP contribution in [0.25, 0.3) is 0 Å². The highest BCUT2D eigenvalue weighted by Gasteiger charge is 2.14. The third-order valence-electron chi connectivity index (χ3n) is 2.75. The van der Waals surface area contributed by atoms with Gasteiger partial charge in [0.15, 0.2) is 0 Å². The quantitative estimate of drug-likeness (QED) is 0.813. The predicted octanol–water partition coefficient (Wildman–Crippen LogP) is 4.23. The van der Waals surface area contributed by atoms with Crippen molar-refractivity contribution in [2.45, 2.75) is 6.42 Å². The Kier molecular flexibility index (Phi) is 5.51. The van der Waals surface area contributed by atoms with Crippen molar-refractivity contribution >= 4 is 43.4 Å². The maximum absolute atomic E-state index is 13.4. The van der Waals surface area contributed by atoms with Gasteiger partial charge in [0.1, 0.15) is 11.6 Å². The molecule has 2 N–H and O–H groups in total. The van der Waals surface area contributed by atoms with Gasteiger partial charge >= 0.3 is 0 Å². The lowest BCUT2D eigenvalue weighted by Crippen LogP contribution is -2.22. The standard InChI is InChI=1S/C14H14Br2FN3/c15-10-7-13(16)14(19-9-10)20(6-2-5-18)12-4-1-3-11(17)8-12/h1,3-4,7-9H,2,5-6,18H2. The lowest BCUT2D eigenvalue weighted by molar-refractivity contribution is 0.627. The minimum absolute atomic E-state index is 0.270. The SMILES string of the molecule is NCCCN(c1cccc(F)c1)c1ncc(Br)cc1Br. The van der Waals surface area contributed by atoms with E-state index in [1.165, 1.54) is 12.1 Å². The Morgan fingerprint density at radius 2 is 2.05 bits per heavy atom. The van der Waals surface area contributed by atoms with E-state index in [-0.39, 0.29) is 5.82 Å². The van der Waals surface area contributed by atoms with Gasteiger partial charge in [-0.3, -0.25) is 0 Å². The zero-order chi connectivity index (χ0) is 14.5. The second kappa shape index (κ2) is 7.15. The van der Waals surface area contributed by atoms with Crippen LogP contribution in [-0.2, 0) is 0 Å². The maximum Gasteiger partial charge on any atom is 0.147 e. The summed E-state index contributed by atoms with van der Waals surface area (Å²) >= 11 is 6.87. The second-order valence-electron chi connectivity index (χ2n) is 4.23. The molecule has 6 heteroatoms. The number of aromatic nitrogens is 1. The summed E-state index contributed by atoms with van der Waals surface area (Å²) in [6.45, 7) is 1.24. The van der Waals surface area contributed by atoms with E-state index < -0.39 is 0 Å². The van der Waals surface area contributed by atoms with E-state index in [4.69, 9.17) is 5.73 Å². The Morgan fingerprint density at radius 3 is 2.70 bits per heavy atom. The fourth-order valence-electron chi connectivity index (χ4n) is 1.86. The fourth-order valence-corrected chi connectivity index (χ4v) is 3.06. The molecule has 0 saturated carbocycles. The normalized spacial score (nSPS) is 10.6. The molecule has 3 nitrogen and oxygen atoms in total. The molecule has 20 heavy (non-hydrogen) atoms. The molecule has 0 aliphatic rings. The lowest BCUT2D eigenvalue weighted by Gasteiger charge is -2.25. The molecule has 0 saturated heterocycles. The Morgan fingerprint density at radius 1 is 1.25 bits per heavy atom. The molecule has 0 fully saturated rings. The van der Waals surface area contributed by atoms with E-state index in [1.54, 1.807) is 12.3 Å². The number of nitrogens with two attached hydrogens (primary N) is 1. The Balaban J connectivity index is 2.41. The summed E-state index contributed by atoms with van der Waals surface area (Å²) in [5.74, 6) is 0.473. The third kappa shape index (κ3) is 3.77. The third-order valence-corrected chi connectivity index (χ3v) is 3.77. The Bertz CT molecular complexity index is 592. The van der Waals surface area contributed by atoms with Gasteiger partial charge in [-0.15, -0.1) is 0 Å². The first kappa shape index (κ1) is 15.4. The molecule has 1 aromatic carbocycles. The van der Waals surface area contributed by atoms with Crippen molar-refractivity contribution in [3.05, 3.63) is 51.3 Å². The van der Waals surface area contributed by atoms with Gasteiger partial charge in [-0.25, -0.2) is 9.37 Å². The van der Waals surface area contributed by atoms with E-state index >= 15 is 0 Å². The number of hydrogen-bond donors (Lipinski definition) is 1. The van der Waals surface area contributed by atoms with E-state index in [2.05, 4.69) is 36.8 Å². The summed E-state index contributed by atoms with van der Waals surface area (Å²) in [5, 5.41) is 0. The van der Waals surface area contributed by atoms with E-state index in [9.17, 15) is 4.39 Å². The molecule has 0 spiro atoms. The van der Waals surface area contributed by atoms with Crippen molar-refractivity contribution in [2.75, 3.05) is 18.0 Å². The molecule has 106 valence electrons. The second-order valence-corrected chi connectivity index (χ2v) is 6.00. The van der Waals surface area contributed by atoms with E-state index in [0.717, 1.165) is 26.9 Å². The van der Waals surface area contributed by atoms with E-state index in [0.29, 0.717) is 13.1 Å². The number of rotatable bonds is 5. The van der Waals surface area contributed by atoms with Crippen LogP contribution in [-0.4, -0.2) is 18.1 Å². The minimum Gasteiger partial charge on any atom is -0.330 e. The summed E-state index contributed by atoms with van der Waals surface area (Å²) in [5.41, 5.74) is 6.34. The highest BCUT2D eigenvalue weighted by atomic mass is 79.9. The molecular weight excluding hydrogens is 389 g/mol. The summed E-state index contributed by atoms with van der Waals surface area (Å²) in [4.78, 5) is 6.36. The van der Waals surface area contributed by atoms with Crippen LogP contribution in [0, 0.1) is 5.82 Å². The molecule has 1 heterocycles. The summed E-state index contributed by atoms with van der Waals surface area (Å²) in [7, 11) is 0. The first-order valence-corrected chi connectivity index (χ1v) is 7.74. The first-order chi connectivity index (χ1) is 9.61. The van der Waals surface area contributed by atoms with Gasteiger partial charge in [0.2, 0.25) is 0 Å². The molecule has 2 aromatic rings. The van der Waals surface area contributed by atoms with Gasteiger partial charge in [0.05, 0.1) is 4.47 Å². The monoisotopic (exact) mass is 401 g/mol. The van der Waals surface area contributed by atoms with Crippen molar-refractivity contribution in [3.63, 3.8) is 0 Å². The van der Waals surface area contributed by atoms with Crippen molar-refractivity contribution in [2.24, 2.45) is 5.73 Å². The molecule has 0 radical (unpaired) electrons. The average Bonchev–Trinajstić information content (AvgIpc) is 2.41. The number of pyridine rings is 1. The number of hydrogen-bond acceptors (Lipinski definition) is 3. The first-order valence-electron chi connectivity index (χ1n) is 6.16. The molecule has 0 amide bonds. The van der Waals surface area contributed by atoms with Crippen LogP contribution in [0.2, 0.25) is 0 Å². The molecule has 0 bridgehead atoms. The average molecular weight is 403 g/mol. The van der Waals surface area contributed by atoms with Crippen LogP contribution in [0.15, 0.2) is 45.5 Å². The maximum atomic E-state index is 13.4. The Labute approximate surface area is 134 Å². The van der Waals surface area contributed by atoms with Crippen molar-refractivity contribution in [3.8, 4) is 0 Å². The molecule has 0 aliphatic carbocycles. The summed E-state index contributed by atoms with van der Waals surface area (Å²) in [6.07, 6.45) is 2.51. The van der Waals surface area contributed by atoms with Gasteiger partial charge in [-0.2, -0.15) is 0 Å². The fraction of sp³-hybridized carbons (Fsp3) is 0.214. The molecule has 0 atom stereocenters. The topological polar surface area (TPSA) is 42.1 Å². The van der Waals surface area contributed by atoms with Gasteiger partial charge in [-0.05, 0) is 69.1 Å². The van der Waals surface area contributed by atoms with Crippen LogP contribution >= 0.6 is 31.9 Å². The van der Waals surface area contributed by atoms with Crippen LogP contribution in [0.1, 0.15) is 6.42 Å². The van der Waals surface area contributed by atoms with Crippen LogP contribution in [0.5, 0.6) is 0 Å². The van der Waals surface area contributed by atoms with Gasteiger partial charge in [-0.1, -0.05) is 6.07 Å². The zero-order valence-electron chi connectivity index (χ0n) is 10.7. The number of benzene rings is 1. The largest absolute Gasteiger partial charge is 0.330 e. The summed E-state index contributed by atoms with van der Waals surface area (Å²) < 4.78 is 15.2. The molecule has 2 rings (SSSR count). The van der Waals surface area contributed by atoms with Gasteiger partial charge in [0.25, 0.3) is 0 Å². The van der Waals surface area contributed by atoms with Crippen molar-refractivity contribution in [1.82, 2.24) is 4.98 Å². The summed E-state index contributed by atoms with van der Waals surface area (Å²) in [6, 6.07) is 8.38. The zero-order valence-corrected chi connectivity index (χ0v) is 13.9. The predicted molar refractivity (Wildman–Crippen MR) is 86.7 cm³/mol. The highest BCUT2D eigenvalue weighted by Crippen LogP contribution is 2.32. The van der Waals surface area contributed by atoms with E-state index in [1.807, 2.05) is 17.0 Å². The molecule has 0 aliphatic heterocycles. The van der Waals surface area contributed by atoms with Gasteiger partial charge < -0.3 is 10.6 Å². The van der Waals surface area contributed by atoms with Crippen LogP contribution in [0.3, 0.4) is 0 Å². The smallest absolute Gasteiger partial charge is 0.147 e. The van der Waals surface area contributed by atoms with Crippen molar-refractivity contribution in [1.29, 1.82) is 0 Å². The Hall–Kier alpha value is -0.980. The number of halogens is 3. The minimum atomic E-state index is -0.270. The molecule has 1 aromatic heterocycles.